The van der Waals surface area contributed by atoms with Crippen LogP contribution in [0.4, 0.5) is 0 Å². The fourth-order valence-corrected chi connectivity index (χ4v) is 1.40. The van der Waals surface area contributed by atoms with Gasteiger partial charge >= 0.3 is 0 Å². The van der Waals surface area contributed by atoms with Crippen molar-refractivity contribution in [2.45, 2.75) is 12.8 Å². The van der Waals surface area contributed by atoms with E-state index in [0.29, 0.717) is 5.15 Å². The first-order chi connectivity index (χ1) is 5.38. The Balaban J connectivity index is 2.88. The third-order valence-corrected chi connectivity index (χ3v) is 2.02. The van der Waals surface area contributed by atoms with Crippen molar-refractivity contribution in [3.63, 3.8) is 0 Å². The van der Waals surface area contributed by atoms with Gasteiger partial charge in [0.2, 0.25) is 0 Å². The maximum absolute atomic E-state index is 5.84. The van der Waals surface area contributed by atoms with Crippen LogP contribution in [0.15, 0.2) is 6.33 Å². The Bertz CT molecular complexity index is 384. The van der Waals surface area contributed by atoms with Gasteiger partial charge in [0, 0.05) is 5.22 Å². The molecule has 0 aromatic carbocycles. The van der Waals surface area contributed by atoms with Crippen molar-refractivity contribution in [1.29, 1.82) is 0 Å². The highest BCUT2D eigenvalue weighted by Gasteiger charge is 1.97. The van der Waals surface area contributed by atoms with Crippen molar-refractivity contribution < 1.29 is 0 Å². The maximum Gasteiger partial charge on any atom is 0.139 e. The van der Waals surface area contributed by atoms with E-state index in [1.807, 2.05) is 0 Å². The minimum atomic E-state index is 0.561. The van der Waals surface area contributed by atoms with E-state index >= 15 is 0 Å². The first kappa shape index (κ1) is 6.80. The summed E-state index contributed by atoms with van der Waals surface area (Å²) >= 11 is 5.84. The molecular formula is C8H7ClN2. The molecule has 1 heterocycles. The summed E-state index contributed by atoms with van der Waals surface area (Å²) in [5, 5.41) is 2.52. The summed E-state index contributed by atoms with van der Waals surface area (Å²) in [6.07, 6.45) is 7.76. The highest BCUT2D eigenvalue weighted by atomic mass is 35.5. The van der Waals surface area contributed by atoms with Crippen molar-refractivity contribution in [3.8, 4) is 0 Å². The molecule has 0 saturated carbocycles. The van der Waals surface area contributed by atoms with Crippen molar-refractivity contribution in [1.82, 2.24) is 9.97 Å². The second-order valence-corrected chi connectivity index (χ2v) is 2.81. The van der Waals surface area contributed by atoms with Crippen molar-refractivity contribution in [2.75, 3.05) is 0 Å². The van der Waals surface area contributed by atoms with Crippen LogP contribution in [-0.2, 0) is 0 Å². The van der Waals surface area contributed by atoms with Gasteiger partial charge in [-0.05, 0) is 12.8 Å². The average Bonchev–Trinajstić information content (AvgIpc) is 2.06. The molecule has 0 saturated heterocycles. The number of hydrogen-bond donors (Lipinski definition) is 0. The molecule has 0 unspecified atom stereocenters. The Morgan fingerprint density at radius 3 is 2.82 bits per heavy atom. The van der Waals surface area contributed by atoms with Gasteiger partial charge in [-0.3, -0.25) is 0 Å². The lowest BCUT2D eigenvalue weighted by Crippen LogP contribution is -2.31. The molecule has 1 aliphatic carbocycles. The van der Waals surface area contributed by atoms with Crippen LogP contribution in [0, 0.1) is 0 Å². The molecule has 1 aromatic heterocycles. The molecule has 0 bridgehead atoms. The van der Waals surface area contributed by atoms with Crippen LogP contribution in [-0.4, -0.2) is 9.97 Å². The predicted molar refractivity (Wildman–Crippen MR) is 44.5 cm³/mol. The molecule has 1 aliphatic rings. The Kier molecular flexibility index (Phi) is 1.62. The second-order valence-electron chi connectivity index (χ2n) is 2.45. The maximum atomic E-state index is 5.84. The molecule has 0 fully saturated rings. The minimum Gasteiger partial charge on any atom is -0.237 e. The molecule has 0 amide bonds. The zero-order valence-corrected chi connectivity index (χ0v) is 6.67. The highest BCUT2D eigenvalue weighted by Crippen LogP contribution is 1.97. The fourth-order valence-electron chi connectivity index (χ4n) is 1.19. The summed E-state index contributed by atoms with van der Waals surface area (Å²) < 4.78 is 0. The molecule has 56 valence electrons. The first-order valence-corrected chi connectivity index (χ1v) is 3.92. The Morgan fingerprint density at radius 2 is 2.00 bits per heavy atom. The molecule has 0 aliphatic heterocycles. The summed E-state index contributed by atoms with van der Waals surface area (Å²) in [4.78, 5) is 7.99. The van der Waals surface area contributed by atoms with Crippen LogP contribution in [0.5, 0.6) is 0 Å². The van der Waals surface area contributed by atoms with Crippen LogP contribution in [0.2, 0.25) is 5.15 Å². The van der Waals surface area contributed by atoms with E-state index in [1.165, 1.54) is 6.33 Å². The number of halogens is 1. The summed E-state index contributed by atoms with van der Waals surface area (Å²) in [5.41, 5.74) is 0. The standard InChI is InChI=1S/C8H7ClN2/c9-8-6-3-1-2-4-7(6)10-5-11-8/h3-5H,1-2H2. The normalized spacial score (nSPS) is 14.6. The monoisotopic (exact) mass is 166 g/mol. The van der Waals surface area contributed by atoms with Crippen LogP contribution in [0.1, 0.15) is 12.8 Å². The Labute approximate surface area is 69.2 Å². The third-order valence-electron chi connectivity index (χ3n) is 1.72. The van der Waals surface area contributed by atoms with E-state index in [1.54, 1.807) is 0 Å². The van der Waals surface area contributed by atoms with Crippen molar-refractivity contribution in [3.05, 3.63) is 22.0 Å². The number of hydrogen-bond acceptors (Lipinski definition) is 2. The molecule has 0 spiro atoms. The van der Waals surface area contributed by atoms with Crippen LogP contribution >= 0.6 is 11.6 Å². The Morgan fingerprint density at radius 1 is 1.18 bits per heavy atom. The molecule has 11 heavy (non-hydrogen) atoms. The fraction of sp³-hybridized carbons (Fsp3) is 0.250. The zero-order valence-electron chi connectivity index (χ0n) is 5.92. The van der Waals surface area contributed by atoms with E-state index in [2.05, 4.69) is 22.1 Å². The van der Waals surface area contributed by atoms with E-state index in [9.17, 15) is 0 Å². The predicted octanol–water partition coefficient (Wildman–Crippen LogP) is 0.485. The van der Waals surface area contributed by atoms with Crippen LogP contribution in [0.25, 0.3) is 12.2 Å². The molecule has 3 heteroatoms. The number of nitrogens with zero attached hydrogens (tertiary/aromatic N) is 2. The highest BCUT2D eigenvalue weighted by molar-refractivity contribution is 6.29. The lowest BCUT2D eigenvalue weighted by atomic mass is 10.2. The summed E-state index contributed by atoms with van der Waals surface area (Å²) in [6, 6.07) is 0. The van der Waals surface area contributed by atoms with Gasteiger partial charge in [0.1, 0.15) is 11.5 Å². The van der Waals surface area contributed by atoms with Gasteiger partial charge in [-0.15, -0.1) is 0 Å². The average molecular weight is 167 g/mol. The second kappa shape index (κ2) is 2.62. The first-order valence-electron chi connectivity index (χ1n) is 3.55. The third kappa shape index (κ3) is 1.14. The molecule has 2 nitrogen and oxygen atoms in total. The van der Waals surface area contributed by atoms with Gasteiger partial charge in [-0.1, -0.05) is 23.8 Å². The van der Waals surface area contributed by atoms with E-state index < -0.39 is 0 Å². The van der Waals surface area contributed by atoms with Gasteiger partial charge in [-0.25, -0.2) is 9.97 Å². The lowest BCUT2D eigenvalue weighted by molar-refractivity contribution is 1.03. The SMILES string of the molecule is Clc1ncnc2c1=CCCC=2. The quantitative estimate of drug-likeness (QED) is 0.524. The van der Waals surface area contributed by atoms with Gasteiger partial charge in [-0.2, -0.15) is 0 Å². The molecule has 0 N–H and O–H groups in total. The summed E-state index contributed by atoms with van der Waals surface area (Å²) in [6.45, 7) is 0. The van der Waals surface area contributed by atoms with Gasteiger partial charge in [0.15, 0.2) is 0 Å². The summed E-state index contributed by atoms with van der Waals surface area (Å²) in [5.74, 6) is 0. The number of aromatic nitrogens is 2. The van der Waals surface area contributed by atoms with Gasteiger partial charge in [0.25, 0.3) is 0 Å². The van der Waals surface area contributed by atoms with Crippen LogP contribution < -0.4 is 10.6 Å². The Hall–Kier alpha value is -0.890. The minimum absolute atomic E-state index is 0.561. The van der Waals surface area contributed by atoms with E-state index in [4.69, 9.17) is 11.6 Å². The molecule has 0 atom stereocenters. The molecule has 1 aromatic rings. The smallest absolute Gasteiger partial charge is 0.139 e. The van der Waals surface area contributed by atoms with E-state index in [0.717, 1.165) is 23.4 Å². The topological polar surface area (TPSA) is 25.8 Å². The van der Waals surface area contributed by atoms with Crippen molar-refractivity contribution >= 4 is 23.8 Å². The largest absolute Gasteiger partial charge is 0.237 e. The lowest BCUT2D eigenvalue weighted by Gasteiger charge is -1.98. The molecular weight excluding hydrogens is 160 g/mol. The van der Waals surface area contributed by atoms with Crippen molar-refractivity contribution in [2.24, 2.45) is 0 Å². The number of fused-ring (bicyclic) bond motifs is 1. The molecule has 2 rings (SSSR count). The number of rotatable bonds is 0. The van der Waals surface area contributed by atoms with E-state index in [-0.39, 0.29) is 0 Å². The van der Waals surface area contributed by atoms with Gasteiger partial charge in [0.05, 0.1) is 5.35 Å². The zero-order chi connectivity index (χ0) is 7.68. The van der Waals surface area contributed by atoms with Crippen LogP contribution in [0.3, 0.4) is 0 Å². The van der Waals surface area contributed by atoms with Gasteiger partial charge < -0.3 is 0 Å². The summed E-state index contributed by atoms with van der Waals surface area (Å²) in [7, 11) is 0. The molecule has 0 radical (unpaired) electrons.